The Morgan fingerprint density at radius 3 is 2.81 bits per heavy atom. The van der Waals surface area contributed by atoms with E-state index < -0.39 is 0 Å². The number of hydrogen-bond donors (Lipinski definition) is 1. The van der Waals surface area contributed by atoms with Crippen LogP contribution in [0.15, 0.2) is 48.5 Å². The summed E-state index contributed by atoms with van der Waals surface area (Å²) in [5, 5.41) is 3.77. The number of methoxy groups -OCH3 is 1. The molecule has 32 heavy (non-hydrogen) atoms. The minimum atomic E-state index is -0.0286. The summed E-state index contributed by atoms with van der Waals surface area (Å²) in [7, 11) is 1.66. The van der Waals surface area contributed by atoms with Crippen molar-refractivity contribution in [2.75, 3.05) is 38.5 Å². The fourth-order valence-electron chi connectivity index (χ4n) is 3.30. The zero-order valence-electron chi connectivity index (χ0n) is 18.0. The zero-order valence-corrected chi connectivity index (χ0v) is 18.8. The third kappa shape index (κ3) is 5.95. The smallest absolute Gasteiger partial charge is 0.231 e. The molecule has 0 radical (unpaired) electrons. The molecule has 0 bridgehead atoms. The van der Waals surface area contributed by atoms with Crippen LogP contribution in [-0.4, -0.2) is 48.9 Å². The maximum atomic E-state index is 12.4. The monoisotopic (exact) mass is 454 g/mol. The number of carbonyl (C=O) groups is 1. The van der Waals surface area contributed by atoms with E-state index in [0.29, 0.717) is 44.8 Å². The SMILES string of the molecule is COCCN(CCC(=O)NCc1ccc2c(c1)OCO2)c1nc(Cc2ccccc2)ns1. The van der Waals surface area contributed by atoms with Crippen LogP contribution in [0.5, 0.6) is 11.5 Å². The molecule has 0 spiro atoms. The molecule has 8 nitrogen and oxygen atoms in total. The number of carbonyl (C=O) groups excluding carboxylic acids is 1. The molecule has 2 aromatic carbocycles. The van der Waals surface area contributed by atoms with Gasteiger partial charge < -0.3 is 24.4 Å². The molecule has 0 aliphatic carbocycles. The van der Waals surface area contributed by atoms with Gasteiger partial charge in [-0.25, -0.2) is 4.98 Å². The fourth-order valence-corrected chi connectivity index (χ4v) is 4.04. The lowest BCUT2D eigenvalue weighted by atomic mass is 10.1. The van der Waals surface area contributed by atoms with E-state index in [9.17, 15) is 4.79 Å². The van der Waals surface area contributed by atoms with Crippen molar-refractivity contribution in [3.8, 4) is 11.5 Å². The molecule has 2 heterocycles. The first kappa shape index (κ1) is 22.0. The predicted molar refractivity (Wildman–Crippen MR) is 122 cm³/mol. The van der Waals surface area contributed by atoms with Crippen molar-refractivity contribution in [1.82, 2.24) is 14.7 Å². The van der Waals surface area contributed by atoms with Gasteiger partial charge >= 0.3 is 0 Å². The van der Waals surface area contributed by atoms with Crippen LogP contribution >= 0.6 is 11.5 Å². The van der Waals surface area contributed by atoms with E-state index in [1.807, 2.05) is 36.4 Å². The normalized spacial score (nSPS) is 12.0. The number of ether oxygens (including phenoxy) is 3. The third-order valence-electron chi connectivity index (χ3n) is 5.03. The maximum Gasteiger partial charge on any atom is 0.231 e. The van der Waals surface area contributed by atoms with Gasteiger partial charge in [-0.05, 0) is 23.3 Å². The maximum absolute atomic E-state index is 12.4. The molecule has 0 unspecified atom stereocenters. The Hall–Kier alpha value is -3.17. The van der Waals surface area contributed by atoms with Crippen LogP contribution in [0.2, 0.25) is 0 Å². The molecule has 168 valence electrons. The number of anilines is 1. The second kappa shape index (κ2) is 10.9. The molecular formula is C23H26N4O4S. The second-order valence-corrected chi connectivity index (χ2v) is 8.08. The van der Waals surface area contributed by atoms with Gasteiger partial charge in [0.15, 0.2) is 11.5 Å². The average molecular weight is 455 g/mol. The summed E-state index contributed by atoms with van der Waals surface area (Å²) in [4.78, 5) is 19.2. The van der Waals surface area contributed by atoms with Crippen LogP contribution in [0.25, 0.3) is 0 Å². The van der Waals surface area contributed by atoms with Gasteiger partial charge in [-0.15, -0.1) is 0 Å². The molecule has 0 fully saturated rings. The van der Waals surface area contributed by atoms with E-state index in [1.54, 1.807) is 7.11 Å². The lowest BCUT2D eigenvalue weighted by molar-refractivity contribution is -0.121. The van der Waals surface area contributed by atoms with Crippen molar-refractivity contribution in [3.05, 3.63) is 65.5 Å². The van der Waals surface area contributed by atoms with E-state index >= 15 is 0 Å². The summed E-state index contributed by atoms with van der Waals surface area (Å²) in [5.74, 6) is 2.20. The Morgan fingerprint density at radius 1 is 1.12 bits per heavy atom. The quantitative estimate of drug-likeness (QED) is 0.477. The summed E-state index contributed by atoms with van der Waals surface area (Å²) in [5.41, 5.74) is 2.14. The molecule has 1 aliphatic heterocycles. The van der Waals surface area contributed by atoms with Crippen molar-refractivity contribution >= 4 is 22.6 Å². The van der Waals surface area contributed by atoms with E-state index in [-0.39, 0.29) is 12.7 Å². The van der Waals surface area contributed by atoms with E-state index in [0.717, 1.165) is 22.3 Å². The highest BCUT2D eigenvalue weighted by Crippen LogP contribution is 2.32. The van der Waals surface area contributed by atoms with Crippen LogP contribution in [0, 0.1) is 0 Å². The zero-order chi connectivity index (χ0) is 22.2. The summed E-state index contributed by atoms with van der Waals surface area (Å²) in [6.45, 7) is 2.41. The van der Waals surface area contributed by atoms with Crippen LogP contribution in [0.3, 0.4) is 0 Å². The highest BCUT2D eigenvalue weighted by Gasteiger charge is 2.16. The summed E-state index contributed by atoms with van der Waals surface area (Å²) in [6.07, 6.45) is 1.04. The van der Waals surface area contributed by atoms with Gasteiger partial charge in [0.1, 0.15) is 5.82 Å². The molecule has 3 aromatic rings. The van der Waals surface area contributed by atoms with Crippen molar-refractivity contribution in [2.24, 2.45) is 0 Å². The number of hydrogen-bond acceptors (Lipinski definition) is 8. The Balaban J connectivity index is 1.30. The molecule has 4 rings (SSSR count). The Labute approximate surface area is 191 Å². The lowest BCUT2D eigenvalue weighted by Crippen LogP contribution is -2.32. The third-order valence-corrected chi connectivity index (χ3v) is 5.85. The number of amides is 1. The van der Waals surface area contributed by atoms with E-state index in [2.05, 4.69) is 31.7 Å². The predicted octanol–water partition coefficient (Wildman–Crippen LogP) is 3.02. The van der Waals surface area contributed by atoms with E-state index in [4.69, 9.17) is 14.2 Å². The highest BCUT2D eigenvalue weighted by atomic mass is 32.1. The molecule has 0 saturated carbocycles. The topological polar surface area (TPSA) is 85.8 Å². The number of rotatable bonds is 11. The first-order chi connectivity index (χ1) is 15.7. The molecule has 1 aromatic heterocycles. The molecule has 1 N–H and O–H groups in total. The first-order valence-electron chi connectivity index (χ1n) is 10.5. The van der Waals surface area contributed by atoms with Gasteiger partial charge in [-0.2, -0.15) is 4.37 Å². The number of benzene rings is 2. The summed E-state index contributed by atoms with van der Waals surface area (Å²) >= 11 is 1.35. The van der Waals surface area contributed by atoms with Crippen molar-refractivity contribution < 1.29 is 19.0 Å². The molecular weight excluding hydrogens is 428 g/mol. The van der Waals surface area contributed by atoms with Gasteiger partial charge in [0.2, 0.25) is 17.8 Å². The largest absolute Gasteiger partial charge is 0.454 e. The minimum absolute atomic E-state index is 0.0286. The van der Waals surface area contributed by atoms with Crippen LogP contribution in [-0.2, 0) is 22.5 Å². The number of aromatic nitrogens is 2. The van der Waals surface area contributed by atoms with Gasteiger partial charge in [0.05, 0.1) is 6.61 Å². The lowest BCUT2D eigenvalue weighted by Gasteiger charge is -2.20. The van der Waals surface area contributed by atoms with Crippen molar-refractivity contribution in [1.29, 1.82) is 0 Å². The fraction of sp³-hybridized carbons (Fsp3) is 0.348. The number of fused-ring (bicyclic) bond motifs is 1. The second-order valence-electron chi connectivity index (χ2n) is 7.35. The molecule has 0 saturated heterocycles. The van der Waals surface area contributed by atoms with Crippen LogP contribution in [0.1, 0.15) is 23.4 Å². The van der Waals surface area contributed by atoms with Gasteiger partial charge in [0, 0.05) is 51.1 Å². The molecule has 9 heteroatoms. The van der Waals surface area contributed by atoms with Gasteiger partial charge in [0.25, 0.3) is 0 Å². The summed E-state index contributed by atoms with van der Waals surface area (Å²) in [6, 6.07) is 15.8. The highest BCUT2D eigenvalue weighted by molar-refractivity contribution is 7.09. The average Bonchev–Trinajstić information content (AvgIpc) is 3.47. The number of nitrogens with zero attached hydrogens (tertiary/aromatic N) is 3. The molecule has 1 aliphatic rings. The standard InChI is InChI=1S/C23H26N4O4S/c1-29-12-11-27(23-25-21(26-32-23)14-17-5-3-2-4-6-17)10-9-22(28)24-15-18-7-8-19-20(13-18)31-16-30-19/h2-8,13H,9-12,14-16H2,1H3,(H,24,28). The minimum Gasteiger partial charge on any atom is -0.454 e. The van der Waals surface area contributed by atoms with Crippen molar-refractivity contribution in [3.63, 3.8) is 0 Å². The number of nitrogens with one attached hydrogen (secondary N) is 1. The van der Waals surface area contributed by atoms with Crippen molar-refractivity contribution in [2.45, 2.75) is 19.4 Å². The molecule has 1 amide bonds. The molecule has 0 atom stereocenters. The Bertz CT molecular complexity index is 1030. The Morgan fingerprint density at radius 2 is 1.97 bits per heavy atom. The van der Waals surface area contributed by atoms with Crippen LogP contribution in [0.4, 0.5) is 5.13 Å². The van der Waals surface area contributed by atoms with Crippen LogP contribution < -0.4 is 19.7 Å². The summed E-state index contributed by atoms with van der Waals surface area (Å²) < 4.78 is 20.4. The Kier molecular flexibility index (Phi) is 7.52. The van der Waals surface area contributed by atoms with Gasteiger partial charge in [-0.1, -0.05) is 36.4 Å². The van der Waals surface area contributed by atoms with Gasteiger partial charge in [-0.3, -0.25) is 4.79 Å². The van der Waals surface area contributed by atoms with E-state index in [1.165, 1.54) is 17.1 Å². The first-order valence-corrected chi connectivity index (χ1v) is 11.2.